The first-order valence-corrected chi connectivity index (χ1v) is 8.31. The summed E-state index contributed by atoms with van der Waals surface area (Å²) in [7, 11) is 0. The molecular formula is C18H24N2O6. The van der Waals surface area contributed by atoms with Gasteiger partial charge in [-0.3, -0.25) is 0 Å². The fourth-order valence-electron chi connectivity index (χ4n) is 2.58. The summed E-state index contributed by atoms with van der Waals surface area (Å²) in [6, 6.07) is 9.04. The number of carbonyl (C=O) groups excluding carboxylic acids is 2. The number of alkyl carbamates (subject to hydrolysis) is 1. The standard InChI is InChI=1S/C18H24N2O6/c1-17(2,3)26-16(24)20-10-9-18(12-20,14(21)22)19-15(23)25-11-13-7-5-4-6-8-13/h4-8H,9-12H2,1-3H3,(H,19,23)(H,21,22). The van der Waals surface area contributed by atoms with Crippen LogP contribution in [0.1, 0.15) is 32.8 Å². The molecule has 0 saturated carbocycles. The highest BCUT2D eigenvalue weighted by molar-refractivity contribution is 5.86. The van der Waals surface area contributed by atoms with Gasteiger partial charge in [0.2, 0.25) is 0 Å². The number of likely N-dealkylation sites (tertiary alicyclic amines) is 1. The van der Waals surface area contributed by atoms with Crippen molar-refractivity contribution in [3.05, 3.63) is 35.9 Å². The Morgan fingerprint density at radius 3 is 2.46 bits per heavy atom. The van der Waals surface area contributed by atoms with E-state index in [1.165, 1.54) is 4.90 Å². The summed E-state index contributed by atoms with van der Waals surface area (Å²) < 4.78 is 10.3. The average molecular weight is 364 g/mol. The highest BCUT2D eigenvalue weighted by atomic mass is 16.6. The minimum absolute atomic E-state index is 0.0259. The van der Waals surface area contributed by atoms with Crippen LogP contribution in [0.5, 0.6) is 0 Å². The van der Waals surface area contributed by atoms with Gasteiger partial charge >= 0.3 is 18.2 Å². The van der Waals surface area contributed by atoms with E-state index in [-0.39, 0.29) is 26.1 Å². The van der Waals surface area contributed by atoms with Gasteiger partial charge in [0.15, 0.2) is 5.54 Å². The van der Waals surface area contributed by atoms with E-state index in [1.54, 1.807) is 32.9 Å². The average Bonchev–Trinajstić information content (AvgIpc) is 2.98. The lowest BCUT2D eigenvalue weighted by molar-refractivity contribution is -0.144. The largest absolute Gasteiger partial charge is 0.479 e. The van der Waals surface area contributed by atoms with Gasteiger partial charge < -0.3 is 24.8 Å². The molecule has 26 heavy (non-hydrogen) atoms. The van der Waals surface area contributed by atoms with Crippen LogP contribution in [0.3, 0.4) is 0 Å². The number of nitrogens with one attached hydrogen (secondary N) is 1. The third-order valence-electron chi connectivity index (χ3n) is 3.88. The smallest absolute Gasteiger partial charge is 0.410 e. The summed E-state index contributed by atoms with van der Waals surface area (Å²) in [5.74, 6) is -1.22. The molecule has 2 N–H and O–H groups in total. The van der Waals surface area contributed by atoms with E-state index in [9.17, 15) is 19.5 Å². The lowest BCUT2D eigenvalue weighted by Crippen LogP contribution is -2.56. The van der Waals surface area contributed by atoms with Gasteiger partial charge in [-0.2, -0.15) is 0 Å². The van der Waals surface area contributed by atoms with Crippen LogP contribution in [-0.2, 0) is 20.9 Å². The van der Waals surface area contributed by atoms with Gasteiger partial charge in [0, 0.05) is 13.0 Å². The van der Waals surface area contributed by atoms with Crippen molar-refractivity contribution in [1.82, 2.24) is 10.2 Å². The molecule has 8 heteroatoms. The van der Waals surface area contributed by atoms with E-state index in [0.717, 1.165) is 5.56 Å². The maximum absolute atomic E-state index is 12.1. The van der Waals surface area contributed by atoms with Crippen molar-refractivity contribution in [2.75, 3.05) is 13.1 Å². The molecule has 0 aliphatic carbocycles. The number of amides is 2. The first-order chi connectivity index (χ1) is 12.1. The number of carboxylic acids is 1. The Kier molecular flexibility index (Phi) is 5.74. The van der Waals surface area contributed by atoms with Gasteiger partial charge in [0.1, 0.15) is 12.2 Å². The summed E-state index contributed by atoms with van der Waals surface area (Å²) in [5, 5.41) is 12.0. The van der Waals surface area contributed by atoms with Crippen molar-refractivity contribution in [3.63, 3.8) is 0 Å². The van der Waals surface area contributed by atoms with Gasteiger partial charge in [-0.1, -0.05) is 30.3 Å². The fourth-order valence-corrected chi connectivity index (χ4v) is 2.58. The second-order valence-corrected chi connectivity index (χ2v) is 7.23. The molecule has 142 valence electrons. The van der Waals surface area contributed by atoms with Gasteiger partial charge in [-0.25, -0.2) is 14.4 Å². The fraction of sp³-hybridized carbons (Fsp3) is 0.500. The lowest BCUT2D eigenvalue weighted by atomic mass is 9.99. The van der Waals surface area contributed by atoms with Gasteiger partial charge in [-0.15, -0.1) is 0 Å². The molecule has 8 nitrogen and oxygen atoms in total. The molecule has 2 amide bonds. The number of nitrogens with zero attached hydrogens (tertiary/aromatic N) is 1. The molecule has 1 aliphatic heterocycles. The van der Waals surface area contributed by atoms with Crippen LogP contribution in [0.25, 0.3) is 0 Å². The summed E-state index contributed by atoms with van der Waals surface area (Å²) in [5.41, 5.74) is -1.49. The summed E-state index contributed by atoms with van der Waals surface area (Å²) >= 11 is 0. The molecular weight excluding hydrogens is 340 g/mol. The number of hydrogen-bond donors (Lipinski definition) is 2. The summed E-state index contributed by atoms with van der Waals surface area (Å²) in [4.78, 5) is 37.2. The number of carbonyl (C=O) groups is 3. The van der Waals surface area contributed by atoms with E-state index < -0.39 is 29.3 Å². The molecule has 1 fully saturated rings. The minimum atomic E-state index is -1.59. The van der Waals surface area contributed by atoms with Gasteiger partial charge in [-0.05, 0) is 26.3 Å². The van der Waals surface area contributed by atoms with Crippen molar-refractivity contribution in [3.8, 4) is 0 Å². The van der Waals surface area contributed by atoms with Crippen molar-refractivity contribution < 1.29 is 29.0 Å². The molecule has 0 bridgehead atoms. The van der Waals surface area contributed by atoms with E-state index >= 15 is 0 Å². The Labute approximate surface area is 152 Å². The van der Waals surface area contributed by atoms with Crippen LogP contribution in [-0.4, -0.2) is 52.4 Å². The molecule has 0 aromatic heterocycles. The van der Waals surface area contributed by atoms with Crippen LogP contribution >= 0.6 is 0 Å². The Balaban J connectivity index is 1.96. The van der Waals surface area contributed by atoms with E-state index in [4.69, 9.17) is 9.47 Å². The number of carboxylic acid groups (broad SMARTS) is 1. The van der Waals surface area contributed by atoms with E-state index in [1.807, 2.05) is 18.2 Å². The van der Waals surface area contributed by atoms with Gasteiger partial charge in [0.25, 0.3) is 0 Å². The van der Waals surface area contributed by atoms with Crippen molar-refractivity contribution >= 4 is 18.2 Å². The third-order valence-corrected chi connectivity index (χ3v) is 3.88. The molecule has 0 radical (unpaired) electrons. The molecule has 0 spiro atoms. The van der Waals surface area contributed by atoms with Crippen LogP contribution in [0, 0.1) is 0 Å². The van der Waals surface area contributed by atoms with Crippen LogP contribution in [0.15, 0.2) is 30.3 Å². The zero-order valence-electron chi connectivity index (χ0n) is 15.2. The molecule has 1 saturated heterocycles. The SMILES string of the molecule is CC(C)(C)OC(=O)N1CCC(NC(=O)OCc2ccccc2)(C(=O)O)C1. The zero-order valence-corrected chi connectivity index (χ0v) is 15.2. The van der Waals surface area contributed by atoms with Crippen LogP contribution < -0.4 is 5.32 Å². The first kappa shape index (κ1) is 19.6. The first-order valence-electron chi connectivity index (χ1n) is 8.31. The van der Waals surface area contributed by atoms with Crippen molar-refractivity contribution in [2.24, 2.45) is 0 Å². The Morgan fingerprint density at radius 1 is 1.23 bits per heavy atom. The monoisotopic (exact) mass is 364 g/mol. The quantitative estimate of drug-likeness (QED) is 0.850. The number of aliphatic carboxylic acids is 1. The molecule has 1 aromatic carbocycles. The topological polar surface area (TPSA) is 105 Å². The maximum atomic E-state index is 12.1. The second kappa shape index (κ2) is 7.63. The Hall–Kier alpha value is -2.77. The maximum Gasteiger partial charge on any atom is 0.410 e. The zero-order chi connectivity index (χ0) is 19.4. The number of ether oxygens (including phenoxy) is 2. The lowest BCUT2D eigenvalue weighted by Gasteiger charge is -2.27. The minimum Gasteiger partial charge on any atom is -0.479 e. The third kappa shape index (κ3) is 5.11. The summed E-state index contributed by atoms with van der Waals surface area (Å²) in [6.07, 6.45) is -1.38. The molecule has 1 aliphatic rings. The second-order valence-electron chi connectivity index (χ2n) is 7.23. The number of benzene rings is 1. The molecule has 1 atom stereocenters. The molecule has 2 rings (SSSR count). The van der Waals surface area contributed by atoms with Crippen molar-refractivity contribution in [1.29, 1.82) is 0 Å². The van der Waals surface area contributed by atoms with Crippen LogP contribution in [0.2, 0.25) is 0 Å². The van der Waals surface area contributed by atoms with Crippen LogP contribution in [0.4, 0.5) is 9.59 Å². The number of rotatable bonds is 4. The molecule has 1 heterocycles. The predicted octanol–water partition coefficient (Wildman–Crippen LogP) is 2.38. The number of hydrogen-bond acceptors (Lipinski definition) is 5. The molecule has 1 unspecified atom stereocenters. The summed E-state index contributed by atoms with van der Waals surface area (Å²) in [6.45, 7) is 5.19. The van der Waals surface area contributed by atoms with Crippen molar-refractivity contribution in [2.45, 2.75) is 44.9 Å². The van der Waals surface area contributed by atoms with E-state index in [0.29, 0.717) is 0 Å². The normalized spacial score (nSPS) is 19.7. The van der Waals surface area contributed by atoms with Gasteiger partial charge in [0.05, 0.1) is 6.54 Å². The van der Waals surface area contributed by atoms with E-state index in [2.05, 4.69) is 5.32 Å². The Bertz CT molecular complexity index is 670. The Morgan fingerprint density at radius 2 is 1.88 bits per heavy atom. The predicted molar refractivity (Wildman–Crippen MR) is 92.6 cm³/mol. The highest BCUT2D eigenvalue weighted by Crippen LogP contribution is 2.24. The molecule has 1 aromatic rings. The highest BCUT2D eigenvalue weighted by Gasteiger charge is 2.48.